The largest absolute Gasteiger partial charge is 0.460 e. The molecule has 3 atom stereocenters. The summed E-state index contributed by atoms with van der Waals surface area (Å²) < 4.78 is 10.7. The van der Waals surface area contributed by atoms with E-state index in [9.17, 15) is 4.79 Å². The zero-order chi connectivity index (χ0) is 10.3. The standard InChI is InChI=1S/C10H17NO3/c1-10(2,3)14-9(12)6-7-8(6)13-5-4-11-7/h6-8,11H,4-5H2,1-3H3. The van der Waals surface area contributed by atoms with Gasteiger partial charge in [0.2, 0.25) is 0 Å². The quantitative estimate of drug-likeness (QED) is 0.618. The molecule has 1 aliphatic heterocycles. The van der Waals surface area contributed by atoms with Crippen LogP contribution in [0.4, 0.5) is 0 Å². The first-order valence-corrected chi connectivity index (χ1v) is 5.07. The maximum atomic E-state index is 11.6. The molecule has 0 aromatic rings. The molecule has 80 valence electrons. The summed E-state index contributed by atoms with van der Waals surface area (Å²) in [6.07, 6.45) is 0.0543. The SMILES string of the molecule is CC(C)(C)OC(=O)C1C2NCCOC21. The van der Waals surface area contributed by atoms with E-state index in [4.69, 9.17) is 9.47 Å². The van der Waals surface area contributed by atoms with Crippen LogP contribution < -0.4 is 5.32 Å². The van der Waals surface area contributed by atoms with E-state index in [0.717, 1.165) is 6.54 Å². The monoisotopic (exact) mass is 199 g/mol. The summed E-state index contributed by atoms with van der Waals surface area (Å²) in [4.78, 5) is 11.6. The summed E-state index contributed by atoms with van der Waals surface area (Å²) in [5, 5.41) is 3.25. The molecule has 4 nitrogen and oxygen atoms in total. The van der Waals surface area contributed by atoms with E-state index < -0.39 is 5.60 Å². The van der Waals surface area contributed by atoms with Crippen molar-refractivity contribution in [3.05, 3.63) is 0 Å². The molecule has 14 heavy (non-hydrogen) atoms. The molecule has 4 heteroatoms. The molecule has 0 radical (unpaired) electrons. The first kappa shape index (κ1) is 9.93. The van der Waals surface area contributed by atoms with Gasteiger partial charge in [-0.2, -0.15) is 0 Å². The lowest BCUT2D eigenvalue weighted by molar-refractivity contribution is -0.157. The van der Waals surface area contributed by atoms with Crippen LogP contribution in [-0.2, 0) is 14.3 Å². The molecule has 2 fully saturated rings. The molecule has 1 saturated heterocycles. The Hall–Kier alpha value is -0.610. The molecule has 2 rings (SSSR count). The Morgan fingerprint density at radius 2 is 2.21 bits per heavy atom. The lowest BCUT2D eigenvalue weighted by Gasteiger charge is -2.19. The van der Waals surface area contributed by atoms with Crippen molar-refractivity contribution in [1.29, 1.82) is 0 Å². The highest BCUT2D eigenvalue weighted by Gasteiger charge is 2.58. The zero-order valence-corrected chi connectivity index (χ0v) is 8.87. The molecule has 2 aliphatic rings. The first-order chi connectivity index (χ1) is 6.49. The summed E-state index contributed by atoms with van der Waals surface area (Å²) in [6, 6.07) is 0.193. The fourth-order valence-corrected chi connectivity index (χ4v) is 1.80. The number of hydrogen-bond acceptors (Lipinski definition) is 4. The molecular weight excluding hydrogens is 182 g/mol. The minimum atomic E-state index is -0.400. The number of nitrogens with one attached hydrogen (secondary N) is 1. The van der Waals surface area contributed by atoms with Crippen LogP contribution in [-0.4, -0.2) is 36.9 Å². The third-order valence-corrected chi connectivity index (χ3v) is 2.43. The highest BCUT2D eigenvalue weighted by atomic mass is 16.6. The zero-order valence-electron chi connectivity index (χ0n) is 8.87. The van der Waals surface area contributed by atoms with Gasteiger partial charge in [-0.15, -0.1) is 0 Å². The Balaban J connectivity index is 1.88. The van der Waals surface area contributed by atoms with Gasteiger partial charge in [0.05, 0.1) is 18.8 Å². The third-order valence-electron chi connectivity index (χ3n) is 2.43. The second-order valence-corrected chi connectivity index (χ2v) is 4.87. The summed E-state index contributed by atoms with van der Waals surface area (Å²) in [5.41, 5.74) is -0.400. The molecule has 1 aliphatic carbocycles. The van der Waals surface area contributed by atoms with E-state index in [0.29, 0.717) is 6.61 Å². The van der Waals surface area contributed by atoms with Crippen molar-refractivity contribution in [2.24, 2.45) is 5.92 Å². The fraction of sp³-hybridized carbons (Fsp3) is 0.900. The van der Waals surface area contributed by atoms with E-state index >= 15 is 0 Å². The normalized spacial score (nSPS) is 36.1. The maximum Gasteiger partial charge on any atom is 0.313 e. The van der Waals surface area contributed by atoms with Gasteiger partial charge in [-0.25, -0.2) is 0 Å². The molecular formula is C10H17NO3. The Labute approximate surface area is 84.0 Å². The van der Waals surface area contributed by atoms with Gasteiger partial charge in [-0.1, -0.05) is 0 Å². The maximum absolute atomic E-state index is 11.6. The Kier molecular flexibility index (Phi) is 2.27. The topological polar surface area (TPSA) is 47.6 Å². The highest BCUT2D eigenvalue weighted by molar-refractivity contribution is 5.78. The molecule has 0 aromatic heterocycles. The van der Waals surface area contributed by atoms with E-state index in [1.807, 2.05) is 20.8 Å². The minimum Gasteiger partial charge on any atom is -0.460 e. The second-order valence-electron chi connectivity index (χ2n) is 4.87. The van der Waals surface area contributed by atoms with E-state index in [1.165, 1.54) is 0 Å². The summed E-state index contributed by atoms with van der Waals surface area (Å²) in [7, 11) is 0. The van der Waals surface area contributed by atoms with Crippen LogP contribution >= 0.6 is 0 Å². The van der Waals surface area contributed by atoms with Crippen molar-refractivity contribution < 1.29 is 14.3 Å². The number of esters is 1. The summed E-state index contributed by atoms with van der Waals surface area (Å²) >= 11 is 0. The third kappa shape index (κ3) is 1.91. The average molecular weight is 199 g/mol. The Morgan fingerprint density at radius 3 is 2.71 bits per heavy atom. The number of morpholine rings is 1. The van der Waals surface area contributed by atoms with E-state index in [1.54, 1.807) is 0 Å². The highest BCUT2D eigenvalue weighted by Crippen LogP contribution is 2.38. The summed E-state index contributed by atoms with van der Waals surface area (Å²) in [6.45, 7) is 7.17. The van der Waals surface area contributed by atoms with Gasteiger partial charge in [-0.3, -0.25) is 4.79 Å². The predicted octanol–water partition coefficient (Wildman–Crippen LogP) is 0.315. The number of carbonyl (C=O) groups is 1. The van der Waals surface area contributed by atoms with E-state index in [-0.39, 0.29) is 24.0 Å². The fourth-order valence-electron chi connectivity index (χ4n) is 1.80. The van der Waals surface area contributed by atoms with Crippen molar-refractivity contribution in [2.75, 3.05) is 13.2 Å². The van der Waals surface area contributed by atoms with Crippen LogP contribution in [0.25, 0.3) is 0 Å². The van der Waals surface area contributed by atoms with Gasteiger partial charge in [0.25, 0.3) is 0 Å². The number of rotatable bonds is 1. The van der Waals surface area contributed by atoms with Gasteiger partial charge in [0.15, 0.2) is 0 Å². The van der Waals surface area contributed by atoms with Crippen molar-refractivity contribution in [1.82, 2.24) is 5.32 Å². The van der Waals surface area contributed by atoms with Crippen LogP contribution in [0.5, 0.6) is 0 Å². The van der Waals surface area contributed by atoms with Crippen molar-refractivity contribution in [2.45, 2.75) is 38.5 Å². The average Bonchev–Trinajstić information content (AvgIpc) is 2.73. The van der Waals surface area contributed by atoms with Gasteiger partial charge >= 0.3 is 5.97 Å². The van der Waals surface area contributed by atoms with Gasteiger partial charge in [0.1, 0.15) is 11.5 Å². The van der Waals surface area contributed by atoms with Gasteiger partial charge in [0, 0.05) is 6.54 Å². The molecule has 1 saturated carbocycles. The lowest BCUT2D eigenvalue weighted by atomic mass is 10.2. The number of hydrogen-bond donors (Lipinski definition) is 1. The van der Waals surface area contributed by atoms with Crippen LogP contribution in [0.2, 0.25) is 0 Å². The van der Waals surface area contributed by atoms with Gasteiger partial charge < -0.3 is 14.8 Å². The second kappa shape index (κ2) is 3.21. The number of ether oxygens (including phenoxy) is 2. The summed E-state index contributed by atoms with van der Waals surface area (Å²) in [5.74, 6) is -0.223. The smallest absolute Gasteiger partial charge is 0.313 e. The van der Waals surface area contributed by atoms with Crippen LogP contribution in [0.1, 0.15) is 20.8 Å². The van der Waals surface area contributed by atoms with Crippen molar-refractivity contribution in [3.63, 3.8) is 0 Å². The Bertz CT molecular complexity index is 234. The number of carbonyl (C=O) groups excluding carboxylic acids is 1. The minimum absolute atomic E-state index is 0.0543. The van der Waals surface area contributed by atoms with E-state index in [2.05, 4.69) is 5.32 Å². The Morgan fingerprint density at radius 1 is 1.50 bits per heavy atom. The van der Waals surface area contributed by atoms with Gasteiger partial charge in [-0.05, 0) is 20.8 Å². The molecule has 0 bridgehead atoms. The molecule has 1 N–H and O–H groups in total. The van der Waals surface area contributed by atoms with Crippen molar-refractivity contribution >= 4 is 5.97 Å². The predicted molar refractivity (Wildman–Crippen MR) is 50.9 cm³/mol. The molecule has 3 unspecified atom stereocenters. The first-order valence-electron chi connectivity index (χ1n) is 5.07. The van der Waals surface area contributed by atoms with Crippen LogP contribution in [0.3, 0.4) is 0 Å². The number of fused-ring (bicyclic) bond motifs is 1. The molecule has 0 aromatic carbocycles. The van der Waals surface area contributed by atoms with Crippen LogP contribution in [0, 0.1) is 5.92 Å². The molecule has 0 spiro atoms. The van der Waals surface area contributed by atoms with Crippen LogP contribution in [0.15, 0.2) is 0 Å². The molecule has 0 amide bonds. The lowest BCUT2D eigenvalue weighted by Crippen LogP contribution is -2.31. The van der Waals surface area contributed by atoms with Crippen molar-refractivity contribution in [3.8, 4) is 0 Å². The molecule has 1 heterocycles.